The number of rotatable bonds is 6. The molecule has 20 heavy (non-hydrogen) atoms. The SMILES string of the molecule is CCCNS(=O)(=O)N(C)Cc1ccc(C#CCO)cc1. The molecular weight excluding hydrogens is 276 g/mol. The Kier molecular flexibility index (Phi) is 6.68. The molecule has 0 spiro atoms. The summed E-state index contributed by atoms with van der Waals surface area (Å²) in [7, 11) is -1.88. The molecule has 1 rings (SSSR count). The van der Waals surface area contributed by atoms with E-state index < -0.39 is 10.2 Å². The van der Waals surface area contributed by atoms with E-state index in [9.17, 15) is 8.42 Å². The highest BCUT2D eigenvalue weighted by atomic mass is 32.2. The summed E-state index contributed by atoms with van der Waals surface area (Å²) < 4.78 is 27.5. The molecule has 5 nitrogen and oxygen atoms in total. The van der Waals surface area contributed by atoms with E-state index in [1.807, 2.05) is 19.1 Å². The molecule has 0 aromatic heterocycles. The number of benzene rings is 1. The average molecular weight is 296 g/mol. The summed E-state index contributed by atoms with van der Waals surface area (Å²) in [6, 6.07) is 7.26. The Balaban J connectivity index is 2.68. The van der Waals surface area contributed by atoms with Crippen LogP contribution in [0.15, 0.2) is 24.3 Å². The molecule has 110 valence electrons. The molecule has 0 amide bonds. The summed E-state index contributed by atoms with van der Waals surface area (Å²) in [4.78, 5) is 0. The Morgan fingerprint density at radius 3 is 2.50 bits per heavy atom. The molecule has 0 aliphatic rings. The molecule has 0 heterocycles. The van der Waals surface area contributed by atoms with E-state index >= 15 is 0 Å². The molecule has 0 bridgehead atoms. The lowest BCUT2D eigenvalue weighted by atomic mass is 10.1. The van der Waals surface area contributed by atoms with Crippen LogP contribution in [0.2, 0.25) is 0 Å². The van der Waals surface area contributed by atoms with Crippen LogP contribution in [-0.2, 0) is 16.8 Å². The van der Waals surface area contributed by atoms with Crippen molar-refractivity contribution in [2.75, 3.05) is 20.2 Å². The van der Waals surface area contributed by atoms with Gasteiger partial charge in [0.15, 0.2) is 0 Å². The van der Waals surface area contributed by atoms with Crippen molar-refractivity contribution in [1.82, 2.24) is 9.03 Å². The van der Waals surface area contributed by atoms with Crippen molar-refractivity contribution in [2.45, 2.75) is 19.9 Å². The third kappa shape index (κ3) is 5.31. The maximum Gasteiger partial charge on any atom is 0.279 e. The summed E-state index contributed by atoms with van der Waals surface area (Å²) >= 11 is 0. The lowest BCUT2D eigenvalue weighted by Crippen LogP contribution is -2.38. The smallest absolute Gasteiger partial charge is 0.279 e. The van der Waals surface area contributed by atoms with Crippen molar-refractivity contribution in [1.29, 1.82) is 0 Å². The summed E-state index contributed by atoms with van der Waals surface area (Å²) in [6.07, 6.45) is 0.755. The third-order valence-electron chi connectivity index (χ3n) is 2.62. The van der Waals surface area contributed by atoms with Crippen molar-refractivity contribution >= 4 is 10.2 Å². The zero-order chi connectivity index (χ0) is 15.0. The summed E-state index contributed by atoms with van der Waals surface area (Å²) in [5.41, 5.74) is 1.67. The first-order chi connectivity index (χ1) is 9.49. The van der Waals surface area contributed by atoms with Crippen LogP contribution >= 0.6 is 0 Å². The van der Waals surface area contributed by atoms with Gasteiger partial charge in [0.2, 0.25) is 0 Å². The van der Waals surface area contributed by atoms with Gasteiger partial charge in [-0.3, -0.25) is 0 Å². The quantitative estimate of drug-likeness (QED) is 0.760. The van der Waals surface area contributed by atoms with Gasteiger partial charge in [-0.2, -0.15) is 12.7 Å². The number of hydrogen-bond donors (Lipinski definition) is 2. The van der Waals surface area contributed by atoms with Gasteiger partial charge in [-0.05, 0) is 24.1 Å². The Morgan fingerprint density at radius 1 is 1.30 bits per heavy atom. The normalized spacial score (nSPS) is 11.2. The molecule has 0 unspecified atom stereocenters. The highest BCUT2D eigenvalue weighted by molar-refractivity contribution is 7.87. The van der Waals surface area contributed by atoms with Gasteiger partial charge >= 0.3 is 0 Å². The fourth-order valence-electron chi connectivity index (χ4n) is 1.52. The van der Waals surface area contributed by atoms with Gasteiger partial charge in [-0.15, -0.1) is 0 Å². The minimum absolute atomic E-state index is 0.175. The Morgan fingerprint density at radius 2 is 1.95 bits per heavy atom. The van der Waals surface area contributed by atoms with Crippen LogP contribution in [0.5, 0.6) is 0 Å². The monoisotopic (exact) mass is 296 g/mol. The van der Waals surface area contributed by atoms with E-state index in [4.69, 9.17) is 5.11 Å². The van der Waals surface area contributed by atoms with Gasteiger partial charge in [-0.1, -0.05) is 30.9 Å². The standard InChI is InChI=1S/C14H20N2O3S/c1-3-10-15-20(18,19)16(2)12-14-8-6-13(7-9-14)5-4-11-17/h6-9,15,17H,3,10-12H2,1-2H3. The van der Waals surface area contributed by atoms with Crippen molar-refractivity contribution in [3.8, 4) is 11.8 Å². The number of aliphatic hydroxyl groups excluding tert-OH is 1. The van der Waals surface area contributed by atoms with E-state index in [1.54, 1.807) is 12.1 Å². The van der Waals surface area contributed by atoms with Crippen LogP contribution in [0.3, 0.4) is 0 Å². The second kappa shape index (κ2) is 8.02. The molecule has 0 radical (unpaired) electrons. The molecule has 6 heteroatoms. The summed E-state index contributed by atoms with van der Waals surface area (Å²) in [5.74, 6) is 5.35. The van der Waals surface area contributed by atoms with Gasteiger partial charge in [0.05, 0.1) is 0 Å². The van der Waals surface area contributed by atoms with Crippen molar-refractivity contribution in [3.63, 3.8) is 0 Å². The van der Waals surface area contributed by atoms with Crippen LogP contribution in [-0.4, -0.2) is 38.0 Å². The number of nitrogens with one attached hydrogen (secondary N) is 1. The van der Waals surface area contributed by atoms with Crippen molar-refractivity contribution in [2.24, 2.45) is 0 Å². The first kappa shape index (κ1) is 16.7. The van der Waals surface area contributed by atoms with Crippen molar-refractivity contribution in [3.05, 3.63) is 35.4 Å². The van der Waals surface area contributed by atoms with E-state index in [-0.39, 0.29) is 6.61 Å². The molecule has 0 aliphatic heterocycles. The van der Waals surface area contributed by atoms with Crippen LogP contribution in [0.4, 0.5) is 0 Å². The minimum atomic E-state index is -3.42. The summed E-state index contributed by atoms with van der Waals surface area (Å²) in [5, 5.41) is 8.61. The maximum absolute atomic E-state index is 11.9. The molecule has 0 saturated heterocycles. The van der Waals surface area contributed by atoms with E-state index in [2.05, 4.69) is 16.6 Å². The third-order valence-corrected chi connectivity index (χ3v) is 4.13. The predicted molar refractivity (Wildman–Crippen MR) is 79.1 cm³/mol. The Labute approximate surface area is 120 Å². The second-order valence-electron chi connectivity index (χ2n) is 4.31. The molecule has 1 aromatic carbocycles. The minimum Gasteiger partial charge on any atom is -0.384 e. The first-order valence-corrected chi connectivity index (χ1v) is 7.83. The van der Waals surface area contributed by atoms with Crippen LogP contribution in [0.25, 0.3) is 0 Å². The van der Waals surface area contributed by atoms with Gasteiger partial charge < -0.3 is 5.11 Å². The highest BCUT2D eigenvalue weighted by Gasteiger charge is 2.16. The Bertz CT molecular complexity index is 571. The molecule has 0 aliphatic carbocycles. The second-order valence-corrected chi connectivity index (χ2v) is 6.17. The number of nitrogens with zero attached hydrogens (tertiary/aromatic N) is 1. The van der Waals surface area contributed by atoms with Crippen LogP contribution in [0, 0.1) is 11.8 Å². The fraction of sp³-hybridized carbons (Fsp3) is 0.429. The molecule has 2 N–H and O–H groups in total. The van der Waals surface area contributed by atoms with Crippen LogP contribution < -0.4 is 4.72 Å². The van der Waals surface area contributed by atoms with Crippen molar-refractivity contribution < 1.29 is 13.5 Å². The predicted octanol–water partition coefficient (Wildman–Crippen LogP) is 0.707. The van der Waals surface area contributed by atoms with Crippen LogP contribution in [0.1, 0.15) is 24.5 Å². The zero-order valence-electron chi connectivity index (χ0n) is 11.8. The molecule has 1 aromatic rings. The molecule has 0 fully saturated rings. The van der Waals surface area contributed by atoms with Gasteiger partial charge in [-0.25, -0.2) is 4.72 Å². The van der Waals surface area contributed by atoms with Gasteiger partial charge in [0.1, 0.15) is 6.61 Å². The number of hydrogen-bond acceptors (Lipinski definition) is 3. The van der Waals surface area contributed by atoms with E-state index in [0.29, 0.717) is 13.1 Å². The molecular formula is C14H20N2O3S. The van der Waals surface area contributed by atoms with E-state index in [0.717, 1.165) is 17.5 Å². The first-order valence-electron chi connectivity index (χ1n) is 6.39. The van der Waals surface area contributed by atoms with Gasteiger partial charge in [0.25, 0.3) is 10.2 Å². The largest absolute Gasteiger partial charge is 0.384 e. The lowest BCUT2D eigenvalue weighted by molar-refractivity contribution is 0.350. The fourth-order valence-corrected chi connectivity index (χ4v) is 2.52. The summed E-state index contributed by atoms with van der Waals surface area (Å²) in [6.45, 7) is 2.47. The average Bonchev–Trinajstić information content (AvgIpc) is 2.44. The lowest BCUT2D eigenvalue weighted by Gasteiger charge is -2.17. The molecule has 0 saturated carbocycles. The highest BCUT2D eigenvalue weighted by Crippen LogP contribution is 2.08. The molecule has 0 atom stereocenters. The zero-order valence-corrected chi connectivity index (χ0v) is 12.6. The number of aliphatic hydroxyl groups is 1. The Hall–Kier alpha value is -1.39. The maximum atomic E-state index is 11.9. The van der Waals surface area contributed by atoms with Gasteiger partial charge in [0, 0.05) is 25.7 Å². The van der Waals surface area contributed by atoms with E-state index in [1.165, 1.54) is 11.4 Å². The topological polar surface area (TPSA) is 69.6 Å².